The summed E-state index contributed by atoms with van der Waals surface area (Å²) >= 11 is 3.14. The van der Waals surface area contributed by atoms with Gasteiger partial charge in [-0.2, -0.15) is 0 Å². The van der Waals surface area contributed by atoms with Crippen molar-refractivity contribution in [1.82, 2.24) is 14.8 Å². The Hall–Kier alpha value is -2.22. The third-order valence-electron chi connectivity index (χ3n) is 4.89. The second-order valence-electron chi connectivity index (χ2n) is 6.78. The van der Waals surface area contributed by atoms with Crippen LogP contribution in [0.5, 0.6) is 5.75 Å². The van der Waals surface area contributed by atoms with Crippen LogP contribution in [-0.2, 0) is 6.54 Å². The Balaban J connectivity index is 1.36. The first-order chi connectivity index (χ1) is 13.7. The van der Waals surface area contributed by atoms with Gasteiger partial charge in [-0.3, -0.25) is 9.69 Å². The summed E-state index contributed by atoms with van der Waals surface area (Å²) < 4.78 is 5.23. The maximum atomic E-state index is 12.9. The fourth-order valence-corrected chi connectivity index (χ4v) is 5.05. The van der Waals surface area contributed by atoms with Gasteiger partial charge in [-0.05, 0) is 35.6 Å². The van der Waals surface area contributed by atoms with E-state index < -0.39 is 0 Å². The third-order valence-corrected chi connectivity index (χ3v) is 6.91. The van der Waals surface area contributed by atoms with Gasteiger partial charge in [-0.25, -0.2) is 4.98 Å². The SMILES string of the molecule is COc1ccc(CN2CCCN(C(=O)c3cnc(-c4cccs4)s3)CC2)cc1. The van der Waals surface area contributed by atoms with E-state index in [1.54, 1.807) is 24.6 Å². The van der Waals surface area contributed by atoms with Gasteiger partial charge < -0.3 is 9.64 Å². The second-order valence-corrected chi connectivity index (χ2v) is 8.76. The van der Waals surface area contributed by atoms with Crippen LogP contribution in [0.3, 0.4) is 0 Å². The van der Waals surface area contributed by atoms with E-state index in [1.165, 1.54) is 16.9 Å². The van der Waals surface area contributed by atoms with E-state index in [0.717, 1.165) is 59.7 Å². The van der Waals surface area contributed by atoms with Gasteiger partial charge in [0.25, 0.3) is 5.91 Å². The summed E-state index contributed by atoms with van der Waals surface area (Å²) in [6.07, 6.45) is 2.71. The smallest absolute Gasteiger partial charge is 0.265 e. The topological polar surface area (TPSA) is 45.7 Å². The van der Waals surface area contributed by atoms with Crippen molar-refractivity contribution < 1.29 is 9.53 Å². The van der Waals surface area contributed by atoms with Crippen molar-refractivity contribution in [2.75, 3.05) is 33.3 Å². The molecule has 146 valence electrons. The molecule has 0 unspecified atom stereocenters. The average Bonchev–Trinajstić information content (AvgIpc) is 3.37. The van der Waals surface area contributed by atoms with Crippen LogP contribution in [0, 0.1) is 0 Å². The van der Waals surface area contributed by atoms with Gasteiger partial charge in [0.05, 0.1) is 18.2 Å². The first-order valence-electron chi connectivity index (χ1n) is 9.37. The summed E-state index contributed by atoms with van der Waals surface area (Å²) in [6.45, 7) is 4.33. The zero-order valence-electron chi connectivity index (χ0n) is 15.8. The minimum atomic E-state index is 0.103. The number of rotatable bonds is 5. The summed E-state index contributed by atoms with van der Waals surface area (Å²) in [6, 6.07) is 12.3. The Kier molecular flexibility index (Phi) is 6.04. The molecule has 0 radical (unpaired) electrons. The number of aromatic nitrogens is 1. The first kappa shape index (κ1) is 19.1. The van der Waals surface area contributed by atoms with E-state index >= 15 is 0 Å². The summed E-state index contributed by atoms with van der Waals surface area (Å²) in [5.74, 6) is 0.981. The van der Waals surface area contributed by atoms with Crippen LogP contribution in [-0.4, -0.2) is 54.0 Å². The van der Waals surface area contributed by atoms with Gasteiger partial charge >= 0.3 is 0 Å². The normalized spacial score (nSPS) is 15.4. The second kappa shape index (κ2) is 8.86. The maximum absolute atomic E-state index is 12.9. The number of thiophene rings is 1. The summed E-state index contributed by atoms with van der Waals surface area (Å²) in [7, 11) is 1.68. The highest BCUT2D eigenvalue weighted by molar-refractivity contribution is 7.21. The molecule has 1 amide bonds. The molecule has 2 aromatic heterocycles. The van der Waals surface area contributed by atoms with Gasteiger partial charge in [0.1, 0.15) is 15.6 Å². The van der Waals surface area contributed by atoms with Gasteiger partial charge in [0.2, 0.25) is 0 Å². The highest BCUT2D eigenvalue weighted by Crippen LogP contribution is 2.29. The lowest BCUT2D eigenvalue weighted by atomic mass is 10.2. The van der Waals surface area contributed by atoms with Crippen LogP contribution >= 0.6 is 22.7 Å². The molecule has 1 saturated heterocycles. The summed E-state index contributed by atoms with van der Waals surface area (Å²) in [5, 5.41) is 2.96. The van der Waals surface area contributed by atoms with Crippen molar-refractivity contribution in [2.24, 2.45) is 0 Å². The molecule has 3 aromatic rings. The molecule has 7 heteroatoms. The van der Waals surface area contributed by atoms with E-state index in [0.29, 0.717) is 0 Å². The van der Waals surface area contributed by atoms with Crippen molar-refractivity contribution in [2.45, 2.75) is 13.0 Å². The maximum Gasteiger partial charge on any atom is 0.265 e. The quantitative estimate of drug-likeness (QED) is 0.628. The molecule has 0 bridgehead atoms. The molecular weight excluding hydrogens is 390 g/mol. The van der Waals surface area contributed by atoms with Crippen LogP contribution in [0.25, 0.3) is 9.88 Å². The van der Waals surface area contributed by atoms with Crippen molar-refractivity contribution in [3.05, 3.63) is 58.4 Å². The predicted octanol–water partition coefficient (Wildman–Crippen LogP) is 4.23. The molecule has 0 spiro atoms. The number of hydrogen-bond acceptors (Lipinski definition) is 6. The molecule has 1 aliphatic rings. The fraction of sp³-hybridized carbons (Fsp3) is 0.333. The van der Waals surface area contributed by atoms with Gasteiger partial charge in [0.15, 0.2) is 0 Å². The zero-order chi connectivity index (χ0) is 19.3. The molecule has 0 saturated carbocycles. The molecule has 1 aliphatic heterocycles. The van der Waals surface area contributed by atoms with Crippen molar-refractivity contribution in [1.29, 1.82) is 0 Å². The Labute approximate surface area is 173 Å². The number of ether oxygens (including phenoxy) is 1. The monoisotopic (exact) mass is 413 g/mol. The minimum Gasteiger partial charge on any atom is -0.497 e. The third kappa shape index (κ3) is 4.43. The van der Waals surface area contributed by atoms with E-state index in [-0.39, 0.29) is 5.91 Å². The molecule has 3 heterocycles. The van der Waals surface area contributed by atoms with Crippen LogP contribution in [0.2, 0.25) is 0 Å². The standard InChI is InChI=1S/C21H23N3O2S2/c1-26-17-7-5-16(6-8-17)15-23-9-3-10-24(12-11-23)21(25)19-14-22-20(28-19)18-4-2-13-27-18/h2,4-8,13-14H,3,9-12,15H2,1H3. The van der Waals surface area contributed by atoms with Gasteiger partial charge in [-0.15, -0.1) is 22.7 Å². The minimum absolute atomic E-state index is 0.103. The molecule has 4 rings (SSSR count). The number of thiazole rings is 1. The van der Waals surface area contributed by atoms with Crippen molar-refractivity contribution in [3.8, 4) is 15.6 Å². The number of carbonyl (C=O) groups is 1. The number of hydrogen-bond donors (Lipinski definition) is 0. The molecule has 28 heavy (non-hydrogen) atoms. The summed E-state index contributed by atoms with van der Waals surface area (Å²) in [5.41, 5.74) is 1.27. The lowest BCUT2D eigenvalue weighted by Crippen LogP contribution is -2.34. The number of carbonyl (C=O) groups excluding carboxylic acids is 1. The number of benzene rings is 1. The molecule has 0 N–H and O–H groups in total. The number of amides is 1. The Morgan fingerprint density at radius 2 is 2.00 bits per heavy atom. The predicted molar refractivity (Wildman–Crippen MR) is 114 cm³/mol. The number of nitrogens with zero attached hydrogens (tertiary/aromatic N) is 3. The molecule has 0 aliphatic carbocycles. The van der Waals surface area contributed by atoms with E-state index in [9.17, 15) is 4.79 Å². The largest absolute Gasteiger partial charge is 0.497 e. The highest BCUT2D eigenvalue weighted by Gasteiger charge is 2.22. The highest BCUT2D eigenvalue weighted by atomic mass is 32.1. The molecule has 5 nitrogen and oxygen atoms in total. The zero-order valence-corrected chi connectivity index (χ0v) is 17.5. The lowest BCUT2D eigenvalue weighted by molar-refractivity contribution is 0.0765. The van der Waals surface area contributed by atoms with Gasteiger partial charge in [-0.1, -0.05) is 18.2 Å². The Morgan fingerprint density at radius 1 is 1.14 bits per heavy atom. The van der Waals surface area contributed by atoms with Gasteiger partial charge in [0, 0.05) is 32.7 Å². The van der Waals surface area contributed by atoms with Crippen LogP contribution < -0.4 is 4.74 Å². The fourth-order valence-electron chi connectivity index (χ4n) is 3.36. The van der Waals surface area contributed by atoms with Crippen molar-refractivity contribution >= 4 is 28.6 Å². The molecule has 1 aromatic carbocycles. The van der Waals surface area contributed by atoms with E-state index in [1.807, 2.05) is 34.5 Å². The summed E-state index contributed by atoms with van der Waals surface area (Å²) in [4.78, 5) is 23.6. The molecule has 1 fully saturated rings. The van der Waals surface area contributed by atoms with Crippen LogP contribution in [0.4, 0.5) is 0 Å². The van der Waals surface area contributed by atoms with Crippen LogP contribution in [0.1, 0.15) is 21.7 Å². The first-order valence-corrected chi connectivity index (χ1v) is 11.1. The Bertz CT molecular complexity index is 906. The van der Waals surface area contributed by atoms with Crippen LogP contribution in [0.15, 0.2) is 48.0 Å². The average molecular weight is 414 g/mol. The molecule has 0 atom stereocenters. The molecular formula is C21H23N3O2S2. The van der Waals surface area contributed by atoms with E-state index in [2.05, 4.69) is 22.0 Å². The van der Waals surface area contributed by atoms with E-state index in [4.69, 9.17) is 4.74 Å². The Morgan fingerprint density at radius 3 is 2.75 bits per heavy atom. The number of methoxy groups -OCH3 is 1. The lowest BCUT2D eigenvalue weighted by Gasteiger charge is -2.21. The van der Waals surface area contributed by atoms with Crippen molar-refractivity contribution in [3.63, 3.8) is 0 Å².